The lowest BCUT2D eigenvalue weighted by Crippen LogP contribution is -2.53. The summed E-state index contributed by atoms with van der Waals surface area (Å²) in [6.45, 7) is 26.3. The first-order valence-corrected chi connectivity index (χ1v) is 24.4. The molecular formula is C28H54O3Si3. The SMILES string of the molecule is C[C@]12CC[C@H]3[C@@H](CC=C4C[C@@H](O[Si](C)(C)C)CC[C@@]43C)[C@@H]1C[C@@H](O[Si](C)(C)C)[C@H]2O[Si](C)(C)C. The van der Waals surface area contributed by atoms with Crippen molar-refractivity contribution in [1.82, 2.24) is 0 Å². The first kappa shape index (κ1) is 27.3. The van der Waals surface area contributed by atoms with Crippen LogP contribution in [0, 0.1) is 28.6 Å². The van der Waals surface area contributed by atoms with Crippen LogP contribution in [0.2, 0.25) is 58.9 Å². The summed E-state index contributed by atoms with van der Waals surface area (Å²) in [5.41, 5.74) is 2.36. The quantitative estimate of drug-likeness (QED) is 0.260. The van der Waals surface area contributed by atoms with Crippen molar-refractivity contribution in [3.8, 4) is 0 Å². The minimum absolute atomic E-state index is 0.256. The lowest BCUT2D eigenvalue weighted by atomic mass is 9.48. The van der Waals surface area contributed by atoms with Crippen molar-refractivity contribution in [2.75, 3.05) is 0 Å². The zero-order valence-electron chi connectivity index (χ0n) is 24.2. The van der Waals surface area contributed by atoms with Gasteiger partial charge in [0.1, 0.15) is 0 Å². The molecule has 0 radical (unpaired) electrons. The topological polar surface area (TPSA) is 27.7 Å². The zero-order chi connectivity index (χ0) is 25.3. The van der Waals surface area contributed by atoms with E-state index in [-0.39, 0.29) is 17.6 Å². The summed E-state index contributed by atoms with van der Waals surface area (Å²) >= 11 is 0. The Morgan fingerprint density at radius 2 is 1.38 bits per heavy atom. The van der Waals surface area contributed by atoms with E-state index in [1.165, 1.54) is 44.9 Å². The van der Waals surface area contributed by atoms with Gasteiger partial charge in [-0.05, 0) is 132 Å². The highest BCUT2D eigenvalue weighted by Crippen LogP contribution is 2.66. The van der Waals surface area contributed by atoms with E-state index in [1.54, 1.807) is 5.57 Å². The van der Waals surface area contributed by atoms with Crippen molar-refractivity contribution in [1.29, 1.82) is 0 Å². The molecule has 0 amide bonds. The predicted molar refractivity (Wildman–Crippen MR) is 152 cm³/mol. The molecule has 3 fully saturated rings. The summed E-state index contributed by atoms with van der Waals surface area (Å²) in [4.78, 5) is 0. The highest BCUT2D eigenvalue weighted by atomic mass is 28.4. The summed E-state index contributed by atoms with van der Waals surface area (Å²) in [7, 11) is -4.79. The van der Waals surface area contributed by atoms with Crippen molar-refractivity contribution in [2.24, 2.45) is 28.6 Å². The van der Waals surface area contributed by atoms with Crippen LogP contribution >= 0.6 is 0 Å². The van der Waals surface area contributed by atoms with E-state index in [4.69, 9.17) is 13.3 Å². The molecule has 0 saturated heterocycles. The van der Waals surface area contributed by atoms with Gasteiger partial charge in [0.15, 0.2) is 25.0 Å². The fraction of sp³-hybridized carbons (Fsp3) is 0.929. The Bertz CT molecular complexity index is 792. The van der Waals surface area contributed by atoms with Gasteiger partial charge in [0.25, 0.3) is 0 Å². The van der Waals surface area contributed by atoms with Crippen LogP contribution in [0.4, 0.5) is 0 Å². The Morgan fingerprint density at radius 1 is 0.765 bits per heavy atom. The van der Waals surface area contributed by atoms with Crippen molar-refractivity contribution < 1.29 is 13.3 Å². The summed E-state index contributed by atoms with van der Waals surface area (Å²) in [5, 5.41) is 0. The van der Waals surface area contributed by atoms with E-state index < -0.39 is 25.0 Å². The molecule has 34 heavy (non-hydrogen) atoms. The normalized spacial score (nSPS) is 43.1. The van der Waals surface area contributed by atoms with E-state index >= 15 is 0 Å². The van der Waals surface area contributed by atoms with Crippen LogP contribution in [0.25, 0.3) is 0 Å². The molecule has 0 N–H and O–H groups in total. The molecule has 3 saturated carbocycles. The summed E-state index contributed by atoms with van der Waals surface area (Å²) in [5.74, 6) is 2.32. The Hall–Kier alpha value is 0.271. The largest absolute Gasteiger partial charge is 0.414 e. The van der Waals surface area contributed by atoms with Crippen molar-refractivity contribution in [3.63, 3.8) is 0 Å². The van der Waals surface area contributed by atoms with E-state index in [1.807, 2.05) is 0 Å². The van der Waals surface area contributed by atoms with Gasteiger partial charge in [-0.3, -0.25) is 0 Å². The van der Waals surface area contributed by atoms with Gasteiger partial charge in [-0.2, -0.15) is 0 Å². The second-order valence-electron chi connectivity index (χ2n) is 15.6. The number of rotatable bonds is 6. The first-order chi connectivity index (χ1) is 15.4. The maximum Gasteiger partial charge on any atom is 0.184 e. The van der Waals surface area contributed by atoms with Gasteiger partial charge in [0, 0.05) is 6.10 Å². The minimum Gasteiger partial charge on any atom is -0.414 e. The van der Waals surface area contributed by atoms with E-state index in [2.05, 4.69) is 78.8 Å². The molecule has 4 aliphatic rings. The molecule has 4 aliphatic carbocycles. The third kappa shape index (κ3) is 5.42. The van der Waals surface area contributed by atoms with Crippen molar-refractivity contribution in [3.05, 3.63) is 11.6 Å². The average Bonchev–Trinajstić information content (AvgIpc) is 2.90. The Morgan fingerprint density at radius 3 is 1.97 bits per heavy atom. The molecule has 0 heterocycles. The van der Waals surface area contributed by atoms with Crippen molar-refractivity contribution >= 4 is 25.0 Å². The van der Waals surface area contributed by atoms with Gasteiger partial charge in [0.05, 0.1) is 12.2 Å². The smallest absolute Gasteiger partial charge is 0.184 e. The minimum atomic E-state index is -1.66. The summed E-state index contributed by atoms with van der Waals surface area (Å²) in [6.07, 6.45) is 12.5. The molecule has 6 heteroatoms. The van der Waals surface area contributed by atoms with Crippen LogP contribution in [-0.2, 0) is 13.3 Å². The summed E-state index contributed by atoms with van der Waals surface area (Å²) in [6, 6.07) is 0. The maximum absolute atomic E-state index is 7.01. The van der Waals surface area contributed by atoms with Crippen LogP contribution < -0.4 is 0 Å². The van der Waals surface area contributed by atoms with Gasteiger partial charge >= 0.3 is 0 Å². The molecule has 0 bridgehead atoms. The molecule has 8 atom stereocenters. The Labute approximate surface area is 214 Å². The lowest BCUT2D eigenvalue weighted by Gasteiger charge is -2.58. The molecule has 196 valence electrons. The summed E-state index contributed by atoms with van der Waals surface area (Å²) < 4.78 is 20.5. The second-order valence-corrected chi connectivity index (χ2v) is 28.9. The molecule has 3 nitrogen and oxygen atoms in total. The van der Waals surface area contributed by atoms with Crippen LogP contribution in [0.3, 0.4) is 0 Å². The van der Waals surface area contributed by atoms with E-state index in [9.17, 15) is 0 Å². The lowest BCUT2D eigenvalue weighted by molar-refractivity contribution is -0.0734. The average molecular weight is 523 g/mol. The van der Waals surface area contributed by atoms with Crippen LogP contribution in [-0.4, -0.2) is 43.3 Å². The maximum atomic E-state index is 7.01. The monoisotopic (exact) mass is 522 g/mol. The molecule has 0 aromatic rings. The fourth-order valence-electron chi connectivity index (χ4n) is 8.33. The third-order valence-corrected chi connectivity index (χ3v) is 12.5. The Kier molecular flexibility index (Phi) is 7.18. The van der Waals surface area contributed by atoms with Gasteiger partial charge in [-0.15, -0.1) is 0 Å². The van der Waals surface area contributed by atoms with E-state index in [0.717, 1.165) is 17.8 Å². The zero-order valence-corrected chi connectivity index (χ0v) is 27.2. The number of hydrogen-bond acceptors (Lipinski definition) is 3. The standard InChI is InChI=1S/C28H54O3Si3/c1-27-16-14-21(29-32(3,4)5)18-20(27)12-13-22-23(27)15-17-28(2)24(22)19-25(30-33(6,7)8)26(28)31-34(9,10)11/h12,21-26H,13-19H2,1-11H3/t21-,22+,23-,24-,25+,26+,27-,28-/m0/s1. The van der Waals surface area contributed by atoms with Gasteiger partial charge in [-0.25, -0.2) is 0 Å². The highest BCUT2D eigenvalue weighted by molar-refractivity contribution is 6.70. The Balaban J connectivity index is 1.60. The fourth-order valence-corrected chi connectivity index (χ4v) is 11.8. The molecule has 0 unspecified atom stereocenters. The number of allylic oxidation sites excluding steroid dienone is 1. The van der Waals surface area contributed by atoms with Crippen LogP contribution in [0.15, 0.2) is 11.6 Å². The molecule has 4 rings (SSSR count). The first-order valence-electron chi connectivity index (χ1n) is 14.1. The molecule has 0 spiro atoms. The number of hydrogen-bond donors (Lipinski definition) is 0. The van der Waals surface area contributed by atoms with Crippen LogP contribution in [0.1, 0.15) is 58.8 Å². The van der Waals surface area contributed by atoms with Gasteiger partial charge < -0.3 is 13.3 Å². The van der Waals surface area contributed by atoms with Gasteiger partial charge in [0.2, 0.25) is 0 Å². The molecular weight excluding hydrogens is 469 g/mol. The molecule has 0 aromatic heterocycles. The second kappa shape index (κ2) is 8.94. The molecule has 0 aliphatic heterocycles. The highest BCUT2D eigenvalue weighted by Gasteiger charge is 2.62. The number of fused-ring (bicyclic) bond motifs is 5. The predicted octanol–water partition coefficient (Wildman–Crippen LogP) is 8.22. The van der Waals surface area contributed by atoms with Gasteiger partial charge in [-0.1, -0.05) is 25.5 Å². The van der Waals surface area contributed by atoms with Crippen molar-refractivity contribution in [2.45, 2.75) is 136 Å². The van der Waals surface area contributed by atoms with Crippen LogP contribution in [0.5, 0.6) is 0 Å². The third-order valence-electron chi connectivity index (χ3n) is 9.48. The molecule has 0 aromatic carbocycles. The van der Waals surface area contributed by atoms with E-state index in [0.29, 0.717) is 11.5 Å².